The summed E-state index contributed by atoms with van der Waals surface area (Å²) in [6.07, 6.45) is 0.855. The molecular weight excluding hydrogens is 402 g/mol. The quantitative estimate of drug-likeness (QED) is 0.283. The van der Waals surface area contributed by atoms with Crippen LogP contribution in [0, 0.1) is 17.0 Å². The molecule has 0 spiro atoms. The van der Waals surface area contributed by atoms with Crippen LogP contribution < -0.4 is 10.6 Å². The lowest BCUT2D eigenvalue weighted by molar-refractivity contribution is -0.383. The monoisotopic (exact) mass is 423 g/mol. The van der Waals surface area contributed by atoms with Gasteiger partial charge in [-0.25, -0.2) is 8.42 Å². The van der Waals surface area contributed by atoms with Crippen LogP contribution in [0.15, 0.2) is 29.4 Å². The van der Waals surface area contributed by atoms with Gasteiger partial charge in [0.05, 0.1) is 11.5 Å². The summed E-state index contributed by atoms with van der Waals surface area (Å²) in [5.41, 5.74) is 6.64. The smallest absolute Gasteiger partial charge is 0.353 e. The Morgan fingerprint density at radius 2 is 2.03 bits per heavy atom. The number of esters is 1. The number of aromatic nitrogens is 2. The molecule has 0 aliphatic heterocycles. The van der Waals surface area contributed by atoms with E-state index in [2.05, 4.69) is 9.97 Å². The first kappa shape index (κ1) is 22.0. The molecule has 11 nitrogen and oxygen atoms in total. The minimum absolute atomic E-state index is 0.0288. The van der Waals surface area contributed by atoms with Crippen LogP contribution in [0.25, 0.3) is 0 Å². The van der Waals surface area contributed by atoms with Gasteiger partial charge >= 0.3 is 11.7 Å². The van der Waals surface area contributed by atoms with Crippen molar-refractivity contribution in [3.8, 4) is 0 Å². The van der Waals surface area contributed by atoms with E-state index in [1.807, 2.05) is 19.1 Å². The maximum atomic E-state index is 12.1. The molecule has 12 heteroatoms. The number of rotatable bonds is 8. The Hall–Kier alpha value is -3.28. The molecule has 0 amide bonds. The van der Waals surface area contributed by atoms with Crippen LogP contribution in [-0.4, -0.2) is 48.7 Å². The summed E-state index contributed by atoms with van der Waals surface area (Å²) in [4.78, 5) is 31.5. The molecule has 2 N–H and O–H groups in total. The van der Waals surface area contributed by atoms with Gasteiger partial charge in [-0.05, 0) is 19.4 Å². The molecule has 0 radical (unpaired) electrons. The SMILES string of the molecule is CCOC(=O)CN(Cc1cccc(C)c1)c1nc(S(C)(=O)=O)nc(N)c1[N+](=O)[O-]. The number of nitrogen functional groups attached to an aromatic ring is 1. The van der Waals surface area contributed by atoms with Gasteiger partial charge in [0.25, 0.3) is 5.16 Å². The lowest BCUT2D eigenvalue weighted by Crippen LogP contribution is -2.32. The number of anilines is 2. The van der Waals surface area contributed by atoms with Crippen molar-refractivity contribution in [2.45, 2.75) is 25.5 Å². The fourth-order valence-electron chi connectivity index (χ4n) is 2.60. The zero-order valence-corrected chi connectivity index (χ0v) is 17.0. The second-order valence-electron chi connectivity index (χ2n) is 6.24. The molecule has 29 heavy (non-hydrogen) atoms. The van der Waals surface area contributed by atoms with Gasteiger partial charge in [-0.15, -0.1) is 0 Å². The third-order valence-corrected chi connectivity index (χ3v) is 4.61. The molecular formula is C17H21N5O6S. The number of aryl methyl sites for hydroxylation is 1. The van der Waals surface area contributed by atoms with Crippen LogP contribution in [0.1, 0.15) is 18.1 Å². The van der Waals surface area contributed by atoms with E-state index in [0.29, 0.717) is 0 Å². The summed E-state index contributed by atoms with van der Waals surface area (Å²) < 4.78 is 28.8. The van der Waals surface area contributed by atoms with Gasteiger partial charge in [-0.2, -0.15) is 9.97 Å². The third kappa shape index (κ3) is 5.60. The molecule has 156 valence electrons. The molecule has 1 aromatic carbocycles. The largest absolute Gasteiger partial charge is 0.465 e. The molecule has 2 rings (SSSR count). The summed E-state index contributed by atoms with van der Waals surface area (Å²) in [5, 5.41) is 10.9. The Bertz CT molecular complexity index is 1040. The number of carbonyl (C=O) groups is 1. The van der Waals surface area contributed by atoms with Crippen LogP contribution in [-0.2, 0) is 25.9 Å². The molecule has 0 aliphatic carbocycles. The number of nitrogens with zero attached hydrogens (tertiary/aromatic N) is 4. The molecule has 1 heterocycles. The Balaban J connectivity index is 2.65. The number of carbonyl (C=O) groups excluding carboxylic acids is 1. The molecule has 0 atom stereocenters. The summed E-state index contributed by atoms with van der Waals surface area (Å²) >= 11 is 0. The van der Waals surface area contributed by atoms with Crippen LogP contribution >= 0.6 is 0 Å². The van der Waals surface area contributed by atoms with Crippen molar-refractivity contribution < 1.29 is 22.9 Å². The minimum atomic E-state index is -3.91. The van der Waals surface area contributed by atoms with E-state index in [1.165, 1.54) is 4.90 Å². The Labute approximate surface area is 167 Å². The fraction of sp³-hybridized carbons (Fsp3) is 0.353. The first-order chi connectivity index (χ1) is 13.5. The van der Waals surface area contributed by atoms with Crippen molar-refractivity contribution in [1.29, 1.82) is 0 Å². The topological polar surface area (TPSA) is 159 Å². The van der Waals surface area contributed by atoms with E-state index in [4.69, 9.17) is 10.5 Å². The van der Waals surface area contributed by atoms with Crippen LogP contribution in [0.2, 0.25) is 0 Å². The molecule has 0 saturated heterocycles. The van der Waals surface area contributed by atoms with E-state index in [0.717, 1.165) is 17.4 Å². The second-order valence-corrected chi connectivity index (χ2v) is 8.15. The highest BCUT2D eigenvalue weighted by molar-refractivity contribution is 7.90. The average Bonchev–Trinajstić information content (AvgIpc) is 2.59. The van der Waals surface area contributed by atoms with Gasteiger partial charge in [0.2, 0.25) is 21.5 Å². The molecule has 0 fully saturated rings. The number of benzene rings is 1. The maximum absolute atomic E-state index is 12.1. The predicted molar refractivity (Wildman–Crippen MR) is 105 cm³/mol. The summed E-state index contributed by atoms with van der Waals surface area (Å²) in [6, 6.07) is 7.25. The first-order valence-electron chi connectivity index (χ1n) is 8.51. The number of sulfone groups is 1. The van der Waals surface area contributed by atoms with Gasteiger partial charge in [-0.3, -0.25) is 14.9 Å². The van der Waals surface area contributed by atoms with Crippen molar-refractivity contribution in [3.63, 3.8) is 0 Å². The summed E-state index contributed by atoms with van der Waals surface area (Å²) in [7, 11) is -3.91. The average molecular weight is 423 g/mol. The summed E-state index contributed by atoms with van der Waals surface area (Å²) in [5.74, 6) is -1.65. The lowest BCUT2D eigenvalue weighted by atomic mass is 10.1. The predicted octanol–water partition coefficient (Wildman–Crippen LogP) is 1.25. The molecule has 1 aromatic heterocycles. The van der Waals surface area contributed by atoms with E-state index in [9.17, 15) is 23.3 Å². The number of hydrogen-bond acceptors (Lipinski definition) is 10. The molecule has 2 aromatic rings. The molecule has 0 bridgehead atoms. The first-order valence-corrected chi connectivity index (χ1v) is 10.4. The van der Waals surface area contributed by atoms with Gasteiger partial charge in [0, 0.05) is 12.8 Å². The molecule has 0 unspecified atom stereocenters. The van der Waals surface area contributed by atoms with Gasteiger partial charge in [0.15, 0.2) is 0 Å². The second kappa shape index (κ2) is 8.82. The minimum Gasteiger partial charge on any atom is -0.465 e. The van der Waals surface area contributed by atoms with E-state index in [-0.39, 0.29) is 19.0 Å². The Kier molecular flexibility index (Phi) is 6.69. The van der Waals surface area contributed by atoms with Gasteiger partial charge < -0.3 is 15.4 Å². The van der Waals surface area contributed by atoms with Crippen molar-refractivity contribution in [2.24, 2.45) is 0 Å². The number of ether oxygens (including phenoxy) is 1. The van der Waals surface area contributed by atoms with Crippen LogP contribution in [0.3, 0.4) is 0 Å². The van der Waals surface area contributed by atoms with Crippen LogP contribution in [0.4, 0.5) is 17.3 Å². The highest BCUT2D eigenvalue weighted by Crippen LogP contribution is 2.32. The van der Waals surface area contributed by atoms with E-state index < -0.39 is 43.9 Å². The normalized spacial score (nSPS) is 11.1. The van der Waals surface area contributed by atoms with Crippen molar-refractivity contribution in [1.82, 2.24) is 9.97 Å². The Morgan fingerprint density at radius 1 is 1.34 bits per heavy atom. The summed E-state index contributed by atoms with van der Waals surface area (Å²) in [6.45, 7) is 3.23. The molecule has 0 aliphatic rings. The number of nitrogens with two attached hydrogens (primary N) is 1. The fourth-order valence-corrected chi connectivity index (χ4v) is 3.12. The zero-order valence-electron chi connectivity index (χ0n) is 16.2. The van der Waals surface area contributed by atoms with E-state index in [1.54, 1.807) is 19.1 Å². The zero-order chi connectivity index (χ0) is 21.8. The Morgan fingerprint density at radius 3 is 2.59 bits per heavy atom. The third-order valence-electron chi connectivity index (χ3n) is 3.77. The highest BCUT2D eigenvalue weighted by Gasteiger charge is 2.31. The van der Waals surface area contributed by atoms with Crippen molar-refractivity contribution in [2.75, 3.05) is 30.0 Å². The highest BCUT2D eigenvalue weighted by atomic mass is 32.2. The van der Waals surface area contributed by atoms with Crippen molar-refractivity contribution >= 4 is 33.1 Å². The van der Waals surface area contributed by atoms with Gasteiger partial charge in [0.1, 0.15) is 6.54 Å². The lowest BCUT2D eigenvalue weighted by Gasteiger charge is -2.23. The van der Waals surface area contributed by atoms with Gasteiger partial charge in [-0.1, -0.05) is 29.8 Å². The maximum Gasteiger partial charge on any atom is 0.353 e. The van der Waals surface area contributed by atoms with E-state index >= 15 is 0 Å². The van der Waals surface area contributed by atoms with Crippen LogP contribution in [0.5, 0.6) is 0 Å². The standard InChI is InChI=1S/C17H21N5O6S/c1-4-28-13(23)10-21(9-12-7-5-6-11(2)8-12)16-14(22(24)25)15(18)19-17(20-16)29(3,26)27/h5-8H,4,9-10H2,1-3H3,(H2,18,19,20). The number of nitro groups is 1. The molecule has 0 saturated carbocycles. The van der Waals surface area contributed by atoms with Crippen molar-refractivity contribution in [3.05, 3.63) is 45.5 Å². The number of hydrogen-bond donors (Lipinski definition) is 1.